The highest BCUT2D eigenvalue weighted by atomic mass is 32.2. The second-order valence-corrected chi connectivity index (χ2v) is 5.58. The van der Waals surface area contributed by atoms with E-state index in [1.54, 1.807) is 0 Å². The molecule has 0 aromatic carbocycles. The van der Waals surface area contributed by atoms with Crippen LogP contribution < -0.4 is 5.32 Å². The monoisotopic (exact) mass is 264 g/mol. The minimum atomic E-state index is 0.343. The molecule has 1 N–H and O–H groups in total. The number of pyridine rings is 1. The fraction of sp³-hybridized carbons (Fsp3) is 0.538. The normalized spacial score (nSPS) is 11.3. The highest BCUT2D eigenvalue weighted by Gasteiger charge is 2.07. The van der Waals surface area contributed by atoms with E-state index in [2.05, 4.69) is 41.6 Å². The van der Waals surface area contributed by atoms with Gasteiger partial charge in [0.25, 0.3) is 0 Å². The smallest absolute Gasteiger partial charge is 0.158 e. The molecule has 0 amide bonds. The summed E-state index contributed by atoms with van der Waals surface area (Å²) in [5, 5.41) is 8.86. The van der Waals surface area contributed by atoms with Crippen LogP contribution in [0.4, 0.5) is 5.69 Å². The van der Waals surface area contributed by atoms with Gasteiger partial charge < -0.3 is 5.32 Å². The van der Waals surface area contributed by atoms with Crippen molar-refractivity contribution >= 4 is 28.5 Å². The van der Waals surface area contributed by atoms with Crippen molar-refractivity contribution in [3.05, 3.63) is 18.5 Å². The summed E-state index contributed by atoms with van der Waals surface area (Å²) in [5.41, 5.74) is 2.03. The lowest BCUT2D eigenvalue weighted by atomic mass is 10.3. The van der Waals surface area contributed by atoms with Crippen molar-refractivity contribution < 1.29 is 0 Å². The fourth-order valence-electron chi connectivity index (χ4n) is 1.86. The molecule has 0 spiro atoms. The van der Waals surface area contributed by atoms with E-state index in [1.807, 2.05) is 28.8 Å². The zero-order valence-corrected chi connectivity index (χ0v) is 12.0. The number of rotatable bonds is 6. The third-order valence-corrected chi connectivity index (χ3v) is 3.47. The highest BCUT2D eigenvalue weighted by Crippen LogP contribution is 2.18. The average molecular weight is 264 g/mol. The van der Waals surface area contributed by atoms with Crippen molar-refractivity contribution in [3.8, 4) is 0 Å². The first-order valence-electron chi connectivity index (χ1n) is 6.28. The van der Waals surface area contributed by atoms with Gasteiger partial charge in [-0.2, -0.15) is 16.9 Å². The predicted octanol–water partition coefficient (Wildman–Crippen LogP) is 3.18. The van der Waals surface area contributed by atoms with E-state index in [1.165, 1.54) is 12.2 Å². The van der Waals surface area contributed by atoms with Gasteiger partial charge in [0, 0.05) is 18.0 Å². The van der Waals surface area contributed by atoms with Gasteiger partial charge in [0.1, 0.15) is 0 Å². The Morgan fingerprint density at radius 2 is 2.22 bits per heavy atom. The number of aromatic nitrogens is 3. The van der Waals surface area contributed by atoms with Gasteiger partial charge in [0.05, 0.1) is 18.1 Å². The molecule has 18 heavy (non-hydrogen) atoms. The molecule has 0 unspecified atom stereocenters. The quantitative estimate of drug-likeness (QED) is 0.814. The first-order valence-corrected chi connectivity index (χ1v) is 7.68. The van der Waals surface area contributed by atoms with E-state index in [9.17, 15) is 0 Å². The lowest BCUT2D eigenvalue weighted by Gasteiger charge is -2.08. The van der Waals surface area contributed by atoms with Gasteiger partial charge in [-0.3, -0.25) is 0 Å². The molecule has 0 saturated heterocycles. The molecule has 2 heterocycles. The third-order valence-electron chi connectivity index (χ3n) is 2.78. The Balaban J connectivity index is 2.09. The lowest BCUT2D eigenvalue weighted by molar-refractivity contribution is 0.546. The molecule has 0 aliphatic carbocycles. The van der Waals surface area contributed by atoms with Crippen LogP contribution in [0.25, 0.3) is 11.0 Å². The SMILES string of the molecule is CSCCCNc1cnc2c(cnn2C(C)C)c1. The van der Waals surface area contributed by atoms with Gasteiger partial charge in [0.2, 0.25) is 0 Å². The van der Waals surface area contributed by atoms with Gasteiger partial charge >= 0.3 is 0 Å². The molecule has 0 fully saturated rings. The summed E-state index contributed by atoms with van der Waals surface area (Å²) < 4.78 is 1.95. The van der Waals surface area contributed by atoms with E-state index in [0.717, 1.165) is 23.3 Å². The van der Waals surface area contributed by atoms with Crippen LogP contribution >= 0.6 is 11.8 Å². The summed E-state index contributed by atoms with van der Waals surface area (Å²) in [6.45, 7) is 5.22. The average Bonchev–Trinajstić information content (AvgIpc) is 2.77. The Bertz CT molecular complexity index is 507. The minimum absolute atomic E-state index is 0.343. The zero-order chi connectivity index (χ0) is 13.0. The first kappa shape index (κ1) is 13.2. The molecule has 4 nitrogen and oxygen atoms in total. The second-order valence-electron chi connectivity index (χ2n) is 4.59. The molecule has 0 saturated carbocycles. The molecule has 0 radical (unpaired) electrons. The largest absolute Gasteiger partial charge is 0.384 e. The summed E-state index contributed by atoms with van der Waals surface area (Å²) in [4.78, 5) is 4.49. The van der Waals surface area contributed by atoms with Crippen molar-refractivity contribution in [1.82, 2.24) is 14.8 Å². The van der Waals surface area contributed by atoms with E-state index in [-0.39, 0.29) is 0 Å². The van der Waals surface area contributed by atoms with Crippen molar-refractivity contribution in [1.29, 1.82) is 0 Å². The molecule has 5 heteroatoms. The van der Waals surface area contributed by atoms with Crippen LogP contribution in [0.5, 0.6) is 0 Å². The van der Waals surface area contributed by atoms with Crippen LogP contribution in [0, 0.1) is 0 Å². The number of hydrogen-bond acceptors (Lipinski definition) is 4. The summed E-state index contributed by atoms with van der Waals surface area (Å²) >= 11 is 1.88. The van der Waals surface area contributed by atoms with E-state index in [0.29, 0.717) is 6.04 Å². The Kier molecular flexibility index (Phi) is 4.47. The molecule has 2 aromatic rings. The summed E-state index contributed by atoms with van der Waals surface area (Å²) in [6.07, 6.45) is 7.08. The molecule has 2 aromatic heterocycles. The molecular formula is C13H20N4S. The minimum Gasteiger partial charge on any atom is -0.384 e. The van der Waals surface area contributed by atoms with E-state index < -0.39 is 0 Å². The maximum Gasteiger partial charge on any atom is 0.158 e. The second kappa shape index (κ2) is 6.09. The zero-order valence-electron chi connectivity index (χ0n) is 11.2. The van der Waals surface area contributed by atoms with Gasteiger partial charge in [-0.25, -0.2) is 9.67 Å². The molecule has 0 atom stereocenters. The number of nitrogens with one attached hydrogen (secondary N) is 1. The number of thioether (sulfide) groups is 1. The Morgan fingerprint density at radius 3 is 2.94 bits per heavy atom. The van der Waals surface area contributed by atoms with Crippen molar-refractivity contribution in [2.45, 2.75) is 26.3 Å². The van der Waals surface area contributed by atoms with Crippen LogP contribution in [0.3, 0.4) is 0 Å². The van der Waals surface area contributed by atoms with Gasteiger partial charge in [0.15, 0.2) is 5.65 Å². The topological polar surface area (TPSA) is 42.7 Å². The molecule has 0 aliphatic heterocycles. The fourth-order valence-corrected chi connectivity index (χ4v) is 2.30. The van der Waals surface area contributed by atoms with Gasteiger partial charge in [-0.1, -0.05) is 0 Å². The maximum absolute atomic E-state index is 4.49. The summed E-state index contributed by atoms with van der Waals surface area (Å²) in [6, 6.07) is 2.46. The lowest BCUT2D eigenvalue weighted by Crippen LogP contribution is -2.05. The number of anilines is 1. The van der Waals surface area contributed by atoms with E-state index >= 15 is 0 Å². The summed E-state index contributed by atoms with van der Waals surface area (Å²) in [7, 11) is 0. The molecule has 98 valence electrons. The van der Waals surface area contributed by atoms with Gasteiger partial charge in [-0.15, -0.1) is 0 Å². The van der Waals surface area contributed by atoms with Crippen LogP contribution in [0.15, 0.2) is 18.5 Å². The standard InChI is InChI=1S/C13H20N4S/c1-10(2)17-13-11(8-16-17)7-12(9-15-13)14-5-4-6-18-3/h7-10,14H,4-6H2,1-3H3. The van der Waals surface area contributed by atoms with Crippen LogP contribution in [0.2, 0.25) is 0 Å². The molecular weight excluding hydrogens is 244 g/mol. The van der Waals surface area contributed by atoms with Crippen LogP contribution in [-0.2, 0) is 0 Å². The number of fused-ring (bicyclic) bond motifs is 1. The van der Waals surface area contributed by atoms with Gasteiger partial charge in [-0.05, 0) is 38.3 Å². The van der Waals surface area contributed by atoms with Crippen LogP contribution in [-0.4, -0.2) is 33.3 Å². The van der Waals surface area contributed by atoms with Crippen molar-refractivity contribution in [2.75, 3.05) is 23.9 Å². The molecule has 0 aliphatic rings. The predicted molar refractivity (Wildman–Crippen MR) is 79.4 cm³/mol. The summed E-state index contributed by atoms with van der Waals surface area (Å²) in [5.74, 6) is 1.19. The molecule has 2 rings (SSSR count). The Morgan fingerprint density at radius 1 is 1.39 bits per heavy atom. The maximum atomic E-state index is 4.49. The Labute approximate surface area is 112 Å². The number of hydrogen-bond donors (Lipinski definition) is 1. The van der Waals surface area contributed by atoms with Crippen molar-refractivity contribution in [3.63, 3.8) is 0 Å². The van der Waals surface area contributed by atoms with Crippen molar-refractivity contribution in [2.24, 2.45) is 0 Å². The first-order chi connectivity index (χ1) is 8.72. The molecule has 0 bridgehead atoms. The Hall–Kier alpha value is -1.23. The van der Waals surface area contributed by atoms with Crippen LogP contribution in [0.1, 0.15) is 26.3 Å². The highest BCUT2D eigenvalue weighted by molar-refractivity contribution is 7.98. The van der Waals surface area contributed by atoms with E-state index in [4.69, 9.17) is 0 Å². The third kappa shape index (κ3) is 2.96. The number of nitrogens with zero attached hydrogens (tertiary/aromatic N) is 3.